The normalized spacial score (nSPS) is 11.1. The second-order valence-corrected chi connectivity index (χ2v) is 7.20. The monoisotopic (exact) mass is 381 g/mol. The van der Waals surface area contributed by atoms with E-state index in [9.17, 15) is 13.2 Å². The van der Waals surface area contributed by atoms with E-state index in [0.717, 1.165) is 5.56 Å². The van der Waals surface area contributed by atoms with Crippen molar-refractivity contribution in [1.82, 2.24) is 0 Å². The summed E-state index contributed by atoms with van der Waals surface area (Å²) >= 11 is 3.10. The zero-order valence-electron chi connectivity index (χ0n) is 11.8. The van der Waals surface area contributed by atoms with Gasteiger partial charge in [-0.1, -0.05) is 58.4 Å². The fourth-order valence-corrected chi connectivity index (χ4v) is 3.38. The fraction of sp³-hybridized carbons (Fsp3) is 0.188. The van der Waals surface area contributed by atoms with Crippen molar-refractivity contribution in [3.63, 3.8) is 0 Å². The topological polar surface area (TPSA) is 63.2 Å². The molecule has 0 amide bonds. The van der Waals surface area contributed by atoms with Crippen molar-refractivity contribution >= 4 is 37.4 Å². The lowest BCUT2D eigenvalue weighted by Gasteiger charge is -2.09. The van der Waals surface area contributed by atoms with E-state index in [2.05, 4.69) is 20.7 Å². The van der Waals surface area contributed by atoms with E-state index in [1.807, 2.05) is 30.3 Å². The molecule has 6 heteroatoms. The zero-order valence-corrected chi connectivity index (χ0v) is 14.2. The van der Waals surface area contributed by atoms with Crippen molar-refractivity contribution in [1.29, 1.82) is 0 Å². The van der Waals surface area contributed by atoms with Crippen LogP contribution in [0.1, 0.15) is 15.9 Å². The number of Topliss-reactive ketones (excluding diaryl/α,β-unsaturated/α-hetero) is 1. The SMILES string of the molecule is O=C(CBr)c1cccc(NS(=O)(=O)CCc2ccccc2)c1. The van der Waals surface area contributed by atoms with Gasteiger partial charge in [-0.3, -0.25) is 9.52 Å². The van der Waals surface area contributed by atoms with Gasteiger partial charge in [-0.05, 0) is 24.1 Å². The van der Waals surface area contributed by atoms with Crippen LogP contribution in [0, 0.1) is 0 Å². The molecule has 2 rings (SSSR count). The first-order valence-corrected chi connectivity index (χ1v) is 9.51. The molecular formula is C16H16BrNO3S. The molecule has 0 bridgehead atoms. The van der Waals surface area contributed by atoms with Gasteiger partial charge in [0.25, 0.3) is 0 Å². The van der Waals surface area contributed by atoms with Crippen molar-refractivity contribution in [3.05, 3.63) is 65.7 Å². The van der Waals surface area contributed by atoms with Crippen LogP contribution in [0.25, 0.3) is 0 Å². The molecular weight excluding hydrogens is 366 g/mol. The Morgan fingerprint density at radius 1 is 1.05 bits per heavy atom. The third-order valence-corrected chi connectivity index (χ3v) is 4.88. The summed E-state index contributed by atoms with van der Waals surface area (Å²) in [5.74, 6) is -0.0986. The molecule has 0 radical (unpaired) electrons. The summed E-state index contributed by atoms with van der Waals surface area (Å²) in [5.41, 5.74) is 1.84. The van der Waals surface area contributed by atoms with Crippen LogP contribution in [0.4, 0.5) is 5.69 Å². The van der Waals surface area contributed by atoms with Gasteiger partial charge in [0.2, 0.25) is 10.0 Å². The molecule has 0 atom stereocenters. The van der Waals surface area contributed by atoms with Crippen LogP contribution in [-0.2, 0) is 16.4 Å². The number of halogens is 1. The number of anilines is 1. The van der Waals surface area contributed by atoms with Gasteiger partial charge in [-0.25, -0.2) is 8.42 Å². The minimum Gasteiger partial charge on any atom is -0.293 e. The highest BCUT2D eigenvalue weighted by Gasteiger charge is 2.12. The van der Waals surface area contributed by atoms with E-state index >= 15 is 0 Å². The third-order valence-electron chi connectivity index (χ3n) is 3.08. The fourth-order valence-electron chi connectivity index (χ4n) is 1.96. The van der Waals surface area contributed by atoms with Crippen LogP contribution in [0.15, 0.2) is 54.6 Å². The molecule has 4 nitrogen and oxygen atoms in total. The van der Waals surface area contributed by atoms with Gasteiger partial charge in [-0.2, -0.15) is 0 Å². The van der Waals surface area contributed by atoms with Gasteiger partial charge < -0.3 is 0 Å². The third kappa shape index (κ3) is 4.96. The summed E-state index contributed by atoms with van der Waals surface area (Å²) in [6.45, 7) is 0. The van der Waals surface area contributed by atoms with Gasteiger partial charge in [0, 0.05) is 11.3 Å². The van der Waals surface area contributed by atoms with Gasteiger partial charge in [-0.15, -0.1) is 0 Å². The van der Waals surface area contributed by atoms with Gasteiger partial charge in [0.1, 0.15) is 0 Å². The molecule has 0 saturated carbocycles. The molecule has 22 heavy (non-hydrogen) atoms. The molecule has 0 fully saturated rings. The summed E-state index contributed by atoms with van der Waals surface area (Å²) in [6.07, 6.45) is 0.441. The lowest BCUT2D eigenvalue weighted by molar-refractivity contribution is 0.102. The maximum atomic E-state index is 12.1. The Balaban J connectivity index is 2.04. The Morgan fingerprint density at radius 3 is 2.45 bits per heavy atom. The Labute approximate surface area is 138 Å². The number of ketones is 1. The molecule has 0 unspecified atom stereocenters. The molecule has 2 aromatic carbocycles. The smallest absolute Gasteiger partial charge is 0.233 e. The Bertz CT molecular complexity index is 745. The van der Waals surface area contributed by atoms with E-state index in [1.165, 1.54) is 0 Å². The van der Waals surface area contributed by atoms with E-state index in [-0.39, 0.29) is 16.9 Å². The number of rotatable bonds is 7. The first-order chi connectivity index (χ1) is 10.5. The zero-order chi connectivity index (χ0) is 16.0. The number of hydrogen-bond acceptors (Lipinski definition) is 3. The Kier molecular flexibility index (Phi) is 5.74. The number of carbonyl (C=O) groups excluding carboxylic acids is 1. The highest BCUT2D eigenvalue weighted by Crippen LogP contribution is 2.14. The lowest BCUT2D eigenvalue weighted by Crippen LogP contribution is -2.18. The maximum Gasteiger partial charge on any atom is 0.233 e. The van der Waals surface area contributed by atoms with E-state index in [0.29, 0.717) is 17.7 Å². The standard InChI is InChI=1S/C16H16BrNO3S/c17-12-16(19)14-7-4-8-15(11-14)18-22(20,21)10-9-13-5-2-1-3-6-13/h1-8,11,18H,9-10,12H2. The van der Waals surface area contributed by atoms with E-state index in [1.54, 1.807) is 24.3 Å². The first-order valence-electron chi connectivity index (χ1n) is 6.74. The average molecular weight is 382 g/mol. The number of alkyl halides is 1. The molecule has 0 aromatic heterocycles. The summed E-state index contributed by atoms with van der Waals surface area (Å²) in [5, 5.41) is 0.206. The predicted molar refractivity (Wildman–Crippen MR) is 92.1 cm³/mol. The number of carbonyl (C=O) groups is 1. The minimum absolute atomic E-state index is 0.00632. The molecule has 0 aliphatic heterocycles. The molecule has 0 aliphatic carbocycles. The Hall–Kier alpha value is -1.66. The highest BCUT2D eigenvalue weighted by atomic mass is 79.9. The second kappa shape index (κ2) is 7.56. The number of nitrogens with one attached hydrogen (secondary N) is 1. The van der Waals surface area contributed by atoms with Gasteiger partial charge in [0.05, 0.1) is 11.1 Å². The van der Waals surface area contributed by atoms with Crippen LogP contribution in [-0.4, -0.2) is 25.3 Å². The lowest BCUT2D eigenvalue weighted by atomic mass is 10.1. The summed E-state index contributed by atoms with van der Waals surface area (Å²) in [7, 11) is -3.46. The number of sulfonamides is 1. The summed E-state index contributed by atoms with van der Waals surface area (Å²) < 4.78 is 26.7. The van der Waals surface area contributed by atoms with Crippen LogP contribution >= 0.6 is 15.9 Å². The highest BCUT2D eigenvalue weighted by molar-refractivity contribution is 9.09. The number of benzene rings is 2. The van der Waals surface area contributed by atoms with Crippen LogP contribution in [0.5, 0.6) is 0 Å². The Morgan fingerprint density at radius 2 is 1.77 bits per heavy atom. The van der Waals surface area contributed by atoms with Crippen molar-refractivity contribution < 1.29 is 13.2 Å². The summed E-state index contributed by atoms with van der Waals surface area (Å²) in [6, 6.07) is 15.9. The molecule has 2 aromatic rings. The van der Waals surface area contributed by atoms with E-state index < -0.39 is 10.0 Å². The molecule has 0 heterocycles. The van der Waals surface area contributed by atoms with Gasteiger partial charge in [0.15, 0.2) is 5.78 Å². The number of aryl methyl sites for hydroxylation is 1. The molecule has 0 spiro atoms. The maximum absolute atomic E-state index is 12.1. The predicted octanol–water partition coefficient (Wildman–Crippen LogP) is 3.25. The molecule has 116 valence electrons. The van der Waals surface area contributed by atoms with Crippen molar-refractivity contribution in [3.8, 4) is 0 Å². The van der Waals surface area contributed by atoms with Crippen molar-refractivity contribution in [2.24, 2.45) is 0 Å². The first kappa shape index (κ1) is 16.7. The largest absolute Gasteiger partial charge is 0.293 e. The minimum atomic E-state index is -3.46. The van der Waals surface area contributed by atoms with Crippen LogP contribution in [0.3, 0.4) is 0 Å². The summed E-state index contributed by atoms with van der Waals surface area (Å²) in [4.78, 5) is 11.6. The van der Waals surface area contributed by atoms with Crippen LogP contribution < -0.4 is 4.72 Å². The number of hydrogen-bond donors (Lipinski definition) is 1. The average Bonchev–Trinajstić information content (AvgIpc) is 2.53. The molecule has 1 N–H and O–H groups in total. The van der Waals surface area contributed by atoms with Gasteiger partial charge >= 0.3 is 0 Å². The molecule has 0 saturated heterocycles. The second-order valence-electron chi connectivity index (χ2n) is 4.79. The van der Waals surface area contributed by atoms with Crippen molar-refractivity contribution in [2.75, 3.05) is 15.8 Å². The quantitative estimate of drug-likeness (QED) is 0.591. The van der Waals surface area contributed by atoms with Crippen molar-refractivity contribution in [2.45, 2.75) is 6.42 Å². The van der Waals surface area contributed by atoms with Crippen LogP contribution in [0.2, 0.25) is 0 Å². The van der Waals surface area contributed by atoms with E-state index in [4.69, 9.17) is 0 Å². The molecule has 0 aliphatic rings.